The van der Waals surface area contributed by atoms with Crippen LogP contribution in [0.25, 0.3) is 10.2 Å². The summed E-state index contributed by atoms with van der Waals surface area (Å²) in [7, 11) is -4.53. The minimum Gasteiger partial charge on any atom is -0.457 e. The average Bonchev–Trinajstić information content (AvgIpc) is 3.61. The summed E-state index contributed by atoms with van der Waals surface area (Å²) in [5.41, 5.74) is -1.02. The standard InChI is InChI=1S/C24H17F4N3O4S2/c25-18-8-6-15(11-20(18)31-37(33,34)17-3-1-2-14(10-17)24(26,27)28)35-16-7-9-19-21(12-16)36-23(29-19)30-22(32)13-4-5-13/h1-3,6-13,31H,4-5H2,(H,29,30,32). The summed E-state index contributed by atoms with van der Waals surface area (Å²) in [6.07, 6.45) is -3.01. The lowest BCUT2D eigenvalue weighted by molar-refractivity contribution is -0.137. The highest BCUT2D eigenvalue weighted by Crippen LogP contribution is 2.35. The molecule has 7 nitrogen and oxygen atoms in total. The molecule has 0 saturated heterocycles. The fourth-order valence-corrected chi connectivity index (χ4v) is 5.40. The molecule has 1 amide bonds. The van der Waals surface area contributed by atoms with E-state index in [1.807, 2.05) is 4.72 Å². The Hall–Kier alpha value is -3.71. The van der Waals surface area contributed by atoms with Crippen molar-refractivity contribution in [2.75, 3.05) is 10.0 Å². The molecule has 0 radical (unpaired) electrons. The third-order valence-corrected chi connectivity index (χ3v) is 7.72. The maximum Gasteiger partial charge on any atom is 0.416 e. The Morgan fingerprint density at radius 2 is 1.76 bits per heavy atom. The van der Waals surface area contributed by atoms with Gasteiger partial charge < -0.3 is 10.1 Å². The first kappa shape index (κ1) is 25.0. The van der Waals surface area contributed by atoms with Gasteiger partial charge in [-0.05, 0) is 55.3 Å². The van der Waals surface area contributed by atoms with Crippen molar-refractivity contribution in [1.29, 1.82) is 0 Å². The lowest BCUT2D eigenvalue weighted by atomic mass is 10.2. The van der Waals surface area contributed by atoms with Crippen LogP contribution < -0.4 is 14.8 Å². The Morgan fingerprint density at radius 1 is 1.03 bits per heavy atom. The van der Waals surface area contributed by atoms with Crippen LogP contribution >= 0.6 is 11.3 Å². The number of alkyl halides is 3. The summed E-state index contributed by atoms with van der Waals surface area (Å²) in [6, 6.07) is 11.4. The zero-order chi connectivity index (χ0) is 26.4. The van der Waals surface area contributed by atoms with Crippen molar-refractivity contribution in [3.8, 4) is 11.5 Å². The normalized spacial score (nSPS) is 13.9. The third-order valence-electron chi connectivity index (χ3n) is 5.43. The summed E-state index contributed by atoms with van der Waals surface area (Å²) in [4.78, 5) is 15.7. The second-order valence-electron chi connectivity index (χ2n) is 8.29. The number of carbonyl (C=O) groups excluding carboxylic acids is 1. The van der Waals surface area contributed by atoms with E-state index in [2.05, 4.69) is 10.3 Å². The molecule has 192 valence electrons. The van der Waals surface area contributed by atoms with Crippen molar-refractivity contribution in [2.45, 2.75) is 23.9 Å². The van der Waals surface area contributed by atoms with Crippen LogP contribution in [-0.4, -0.2) is 19.3 Å². The van der Waals surface area contributed by atoms with E-state index in [-0.39, 0.29) is 17.6 Å². The van der Waals surface area contributed by atoms with Gasteiger partial charge in [0.15, 0.2) is 5.13 Å². The Kier molecular flexibility index (Phi) is 6.28. The highest BCUT2D eigenvalue weighted by Gasteiger charge is 2.32. The molecule has 1 saturated carbocycles. The van der Waals surface area contributed by atoms with Crippen LogP contribution in [0.4, 0.5) is 28.4 Å². The van der Waals surface area contributed by atoms with E-state index in [4.69, 9.17) is 4.74 Å². The number of carbonyl (C=O) groups is 1. The van der Waals surface area contributed by atoms with Crippen LogP contribution in [0.3, 0.4) is 0 Å². The highest BCUT2D eigenvalue weighted by atomic mass is 32.2. The second kappa shape index (κ2) is 9.30. The minimum atomic E-state index is -4.74. The molecule has 2 N–H and O–H groups in total. The lowest BCUT2D eigenvalue weighted by Gasteiger charge is -2.13. The number of halogens is 4. The van der Waals surface area contributed by atoms with Crippen molar-refractivity contribution >= 4 is 48.3 Å². The molecule has 4 aromatic rings. The Balaban J connectivity index is 1.35. The number of hydrogen-bond donors (Lipinski definition) is 2. The van der Waals surface area contributed by atoms with Gasteiger partial charge in [0.2, 0.25) is 5.91 Å². The topological polar surface area (TPSA) is 97.4 Å². The fraction of sp³-hybridized carbons (Fsp3) is 0.167. The quantitative estimate of drug-likeness (QED) is 0.259. The van der Waals surface area contributed by atoms with Crippen LogP contribution in [0.5, 0.6) is 11.5 Å². The number of thiazole rings is 1. The number of rotatable bonds is 7. The second-order valence-corrected chi connectivity index (χ2v) is 11.0. The Morgan fingerprint density at radius 3 is 2.49 bits per heavy atom. The molecule has 13 heteroatoms. The van der Waals surface area contributed by atoms with Crippen molar-refractivity contribution in [2.24, 2.45) is 5.92 Å². The zero-order valence-corrected chi connectivity index (χ0v) is 20.3. The number of fused-ring (bicyclic) bond motifs is 1. The summed E-state index contributed by atoms with van der Waals surface area (Å²) >= 11 is 1.25. The molecule has 0 bridgehead atoms. The summed E-state index contributed by atoms with van der Waals surface area (Å²) in [5.74, 6) is -0.563. The van der Waals surface area contributed by atoms with E-state index in [9.17, 15) is 30.8 Å². The zero-order valence-electron chi connectivity index (χ0n) is 18.7. The van der Waals surface area contributed by atoms with Crippen LogP contribution in [0.1, 0.15) is 18.4 Å². The first-order chi connectivity index (χ1) is 17.5. The van der Waals surface area contributed by atoms with Gasteiger partial charge in [-0.3, -0.25) is 9.52 Å². The summed E-state index contributed by atoms with van der Waals surface area (Å²) in [5, 5.41) is 3.24. The molecule has 1 aliphatic rings. The number of anilines is 2. The van der Waals surface area contributed by atoms with Crippen molar-refractivity contribution in [3.05, 3.63) is 72.0 Å². The molecule has 0 aliphatic heterocycles. The molecule has 5 rings (SSSR count). The van der Waals surface area contributed by atoms with Gasteiger partial charge in [-0.15, -0.1) is 0 Å². The maximum atomic E-state index is 14.4. The van der Waals surface area contributed by atoms with E-state index in [1.54, 1.807) is 18.2 Å². The monoisotopic (exact) mass is 551 g/mol. The summed E-state index contributed by atoms with van der Waals surface area (Å²) in [6.45, 7) is 0. The number of amides is 1. The molecule has 1 fully saturated rings. The van der Waals surface area contributed by atoms with Gasteiger partial charge in [-0.1, -0.05) is 17.4 Å². The molecule has 3 aromatic carbocycles. The van der Waals surface area contributed by atoms with Gasteiger partial charge in [-0.25, -0.2) is 17.8 Å². The van der Waals surface area contributed by atoms with Gasteiger partial charge in [0.05, 0.1) is 26.4 Å². The fourth-order valence-electron chi connectivity index (χ4n) is 3.40. The Bertz CT molecular complexity index is 1620. The van der Waals surface area contributed by atoms with Crippen molar-refractivity contribution in [3.63, 3.8) is 0 Å². The molecular formula is C24H17F4N3O4S2. The van der Waals surface area contributed by atoms with Gasteiger partial charge in [0.1, 0.15) is 17.3 Å². The van der Waals surface area contributed by atoms with Crippen molar-refractivity contribution < 1.29 is 35.5 Å². The van der Waals surface area contributed by atoms with Crippen LogP contribution in [0.15, 0.2) is 65.6 Å². The highest BCUT2D eigenvalue weighted by molar-refractivity contribution is 7.92. The number of hydrogen-bond acceptors (Lipinski definition) is 6. The number of ether oxygens (including phenoxy) is 1. The number of aromatic nitrogens is 1. The molecule has 0 unspecified atom stereocenters. The van der Waals surface area contributed by atoms with Gasteiger partial charge in [0.25, 0.3) is 10.0 Å². The number of nitrogens with zero attached hydrogens (tertiary/aromatic N) is 1. The maximum absolute atomic E-state index is 14.4. The molecule has 1 heterocycles. The van der Waals surface area contributed by atoms with Gasteiger partial charge in [-0.2, -0.15) is 13.2 Å². The largest absolute Gasteiger partial charge is 0.457 e. The van der Waals surface area contributed by atoms with E-state index >= 15 is 0 Å². The molecule has 1 aliphatic carbocycles. The Labute approximate surface area is 212 Å². The number of sulfonamides is 1. The predicted octanol–water partition coefficient (Wildman–Crippen LogP) is 6.40. The average molecular weight is 552 g/mol. The molecule has 37 heavy (non-hydrogen) atoms. The molecule has 1 aromatic heterocycles. The number of nitrogens with one attached hydrogen (secondary N) is 2. The molecule has 0 atom stereocenters. The number of benzene rings is 3. The van der Waals surface area contributed by atoms with E-state index < -0.39 is 38.2 Å². The lowest BCUT2D eigenvalue weighted by Crippen LogP contribution is -2.15. The third kappa shape index (κ3) is 5.67. The summed E-state index contributed by atoms with van der Waals surface area (Å²) < 4.78 is 87.1. The minimum absolute atomic E-state index is 0.0320. The van der Waals surface area contributed by atoms with Crippen LogP contribution in [0.2, 0.25) is 0 Å². The molecule has 0 spiro atoms. The predicted molar refractivity (Wildman–Crippen MR) is 130 cm³/mol. The first-order valence-corrected chi connectivity index (χ1v) is 13.2. The smallest absolute Gasteiger partial charge is 0.416 e. The molecular weight excluding hydrogens is 534 g/mol. The van der Waals surface area contributed by atoms with Crippen LogP contribution in [-0.2, 0) is 21.0 Å². The van der Waals surface area contributed by atoms with Gasteiger partial charge >= 0.3 is 6.18 Å². The van der Waals surface area contributed by atoms with Gasteiger partial charge in [0, 0.05) is 18.1 Å². The van der Waals surface area contributed by atoms with E-state index in [1.165, 1.54) is 17.4 Å². The SMILES string of the molecule is O=C(Nc1nc2ccc(Oc3ccc(F)c(NS(=O)(=O)c4cccc(C(F)(F)F)c4)c3)cc2s1)C1CC1. The van der Waals surface area contributed by atoms with E-state index in [0.717, 1.165) is 47.9 Å². The first-order valence-electron chi connectivity index (χ1n) is 10.9. The van der Waals surface area contributed by atoms with Crippen molar-refractivity contribution in [1.82, 2.24) is 4.98 Å². The van der Waals surface area contributed by atoms with Crippen LogP contribution in [0, 0.1) is 11.7 Å². The van der Waals surface area contributed by atoms with E-state index in [0.29, 0.717) is 22.5 Å².